The summed E-state index contributed by atoms with van der Waals surface area (Å²) in [5.74, 6) is 0. The van der Waals surface area contributed by atoms with E-state index in [-0.39, 0.29) is 12.4 Å². The Bertz CT molecular complexity index is 299. The standard InChI is InChI=1S/C16H31N2O/c1-4-6-7-8-9-10-11-12-16-17-13-14-18(16,5-2)15(3)19/h4,6,13,15-16,19H,5,7-12,14H2,1-3H3/q+1/b6-4+. The normalized spacial score (nSPS) is 28.3. The Morgan fingerprint density at radius 1 is 1.37 bits per heavy atom. The van der Waals surface area contributed by atoms with Crippen molar-refractivity contribution in [2.24, 2.45) is 4.99 Å². The second-order valence-electron chi connectivity index (χ2n) is 5.61. The van der Waals surface area contributed by atoms with E-state index in [2.05, 4.69) is 31.0 Å². The summed E-state index contributed by atoms with van der Waals surface area (Å²) in [5.41, 5.74) is 0. The molecule has 3 heteroatoms. The summed E-state index contributed by atoms with van der Waals surface area (Å²) in [4.78, 5) is 4.60. The fourth-order valence-corrected chi connectivity index (χ4v) is 3.02. The Morgan fingerprint density at radius 3 is 2.74 bits per heavy atom. The van der Waals surface area contributed by atoms with E-state index in [1.165, 1.54) is 32.1 Å². The van der Waals surface area contributed by atoms with Crippen molar-refractivity contribution in [3.05, 3.63) is 12.2 Å². The fourth-order valence-electron chi connectivity index (χ4n) is 3.02. The van der Waals surface area contributed by atoms with E-state index in [4.69, 9.17) is 0 Å². The third-order valence-electron chi connectivity index (χ3n) is 4.44. The number of hydrogen-bond acceptors (Lipinski definition) is 2. The van der Waals surface area contributed by atoms with E-state index in [1.807, 2.05) is 13.1 Å². The summed E-state index contributed by atoms with van der Waals surface area (Å²) in [6, 6.07) is 0. The van der Waals surface area contributed by atoms with Crippen molar-refractivity contribution in [2.45, 2.75) is 71.7 Å². The molecule has 1 N–H and O–H groups in total. The zero-order valence-corrected chi connectivity index (χ0v) is 12.9. The van der Waals surface area contributed by atoms with Crippen LogP contribution in [0.25, 0.3) is 0 Å². The number of allylic oxidation sites excluding steroid dienone is 2. The average Bonchev–Trinajstić information content (AvgIpc) is 2.82. The lowest BCUT2D eigenvalue weighted by Gasteiger charge is -2.40. The van der Waals surface area contributed by atoms with E-state index in [1.54, 1.807) is 0 Å². The number of aliphatic imine (C=N–C) groups is 1. The van der Waals surface area contributed by atoms with Crippen molar-refractivity contribution >= 4 is 6.21 Å². The molecule has 19 heavy (non-hydrogen) atoms. The van der Waals surface area contributed by atoms with Crippen LogP contribution in [0.15, 0.2) is 17.1 Å². The third-order valence-corrected chi connectivity index (χ3v) is 4.44. The van der Waals surface area contributed by atoms with Crippen LogP contribution in [0, 0.1) is 0 Å². The first-order chi connectivity index (χ1) is 9.17. The molecule has 1 heterocycles. The van der Waals surface area contributed by atoms with Gasteiger partial charge >= 0.3 is 0 Å². The highest BCUT2D eigenvalue weighted by Gasteiger charge is 2.41. The molecule has 0 bridgehead atoms. The molecule has 0 saturated heterocycles. The summed E-state index contributed by atoms with van der Waals surface area (Å²) >= 11 is 0. The molecule has 0 fully saturated rings. The highest BCUT2D eigenvalue weighted by molar-refractivity contribution is 5.60. The minimum Gasteiger partial charge on any atom is -0.345 e. The molecule has 0 aliphatic carbocycles. The van der Waals surface area contributed by atoms with Crippen molar-refractivity contribution < 1.29 is 9.59 Å². The van der Waals surface area contributed by atoms with E-state index >= 15 is 0 Å². The van der Waals surface area contributed by atoms with Gasteiger partial charge in [0.25, 0.3) is 0 Å². The monoisotopic (exact) mass is 267 g/mol. The largest absolute Gasteiger partial charge is 0.345 e. The quantitative estimate of drug-likeness (QED) is 0.387. The van der Waals surface area contributed by atoms with Gasteiger partial charge in [-0.25, -0.2) is 4.99 Å². The number of aliphatic hydroxyl groups excluding tert-OH is 1. The lowest BCUT2D eigenvalue weighted by Crippen LogP contribution is -2.57. The lowest BCUT2D eigenvalue weighted by atomic mass is 10.1. The first kappa shape index (κ1) is 16.4. The number of rotatable bonds is 9. The molecule has 3 nitrogen and oxygen atoms in total. The van der Waals surface area contributed by atoms with Crippen LogP contribution in [0.1, 0.15) is 59.3 Å². The molecule has 0 saturated carbocycles. The average molecular weight is 267 g/mol. The van der Waals surface area contributed by atoms with Gasteiger partial charge in [0.2, 0.25) is 0 Å². The van der Waals surface area contributed by atoms with Gasteiger partial charge in [-0.2, -0.15) is 0 Å². The molecule has 1 aliphatic heterocycles. The number of unbranched alkanes of at least 4 members (excludes halogenated alkanes) is 4. The molecule has 3 unspecified atom stereocenters. The number of aliphatic hydroxyl groups is 1. The molecule has 0 aromatic rings. The maximum atomic E-state index is 10.1. The number of hydrogen-bond donors (Lipinski definition) is 1. The molecule has 0 radical (unpaired) electrons. The van der Waals surface area contributed by atoms with Gasteiger partial charge < -0.3 is 5.11 Å². The van der Waals surface area contributed by atoms with Crippen LogP contribution >= 0.6 is 0 Å². The van der Waals surface area contributed by atoms with Crippen LogP contribution in [0.2, 0.25) is 0 Å². The third kappa shape index (κ3) is 4.43. The van der Waals surface area contributed by atoms with Crippen LogP contribution in [0.4, 0.5) is 0 Å². The Hall–Kier alpha value is -0.670. The van der Waals surface area contributed by atoms with Crippen LogP contribution in [0.5, 0.6) is 0 Å². The Morgan fingerprint density at radius 2 is 2.11 bits per heavy atom. The zero-order chi connectivity index (χ0) is 14.1. The molecule has 0 amide bonds. The first-order valence-corrected chi connectivity index (χ1v) is 7.84. The van der Waals surface area contributed by atoms with Crippen molar-refractivity contribution in [3.63, 3.8) is 0 Å². The Balaban J connectivity index is 2.26. The highest BCUT2D eigenvalue weighted by atomic mass is 16.3. The van der Waals surface area contributed by atoms with Crippen LogP contribution in [-0.4, -0.2) is 41.3 Å². The Labute approximate surface area is 118 Å². The molecular formula is C16H31N2O+. The van der Waals surface area contributed by atoms with Gasteiger partial charge in [0.05, 0.1) is 12.8 Å². The molecular weight excluding hydrogens is 236 g/mol. The smallest absolute Gasteiger partial charge is 0.189 e. The van der Waals surface area contributed by atoms with E-state index in [9.17, 15) is 5.11 Å². The van der Waals surface area contributed by atoms with Gasteiger partial charge in [-0.15, -0.1) is 0 Å². The van der Waals surface area contributed by atoms with Crippen LogP contribution in [0.3, 0.4) is 0 Å². The minimum atomic E-state index is -0.313. The van der Waals surface area contributed by atoms with Crippen molar-refractivity contribution in [1.82, 2.24) is 0 Å². The van der Waals surface area contributed by atoms with E-state index in [0.29, 0.717) is 0 Å². The van der Waals surface area contributed by atoms with Crippen molar-refractivity contribution in [2.75, 3.05) is 13.1 Å². The van der Waals surface area contributed by atoms with Crippen molar-refractivity contribution in [1.29, 1.82) is 0 Å². The molecule has 3 atom stereocenters. The topological polar surface area (TPSA) is 32.6 Å². The summed E-state index contributed by atoms with van der Waals surface area (Å²) in [6.45, 7) is 7.99. The number of nitrogens with zero attached hydrogens (tertiary/aromatic N) is 2. The predicted octanol–water partition coefficient (Wildman–Crippen LogP) is 3.49. The fraction of sp³-hybridized carbons (Fsp3) is 0.812. The van der Waals surface area contributed by atoms with Gasteiger partial charge in [0.1, 0.15) is 6.54 Å². The molecule has 0 aromatic heterocycles. The van der Waals surface area contributed by atoms with Gasteiger partial charge in [-0.1, -0.05) is 25.0 Å². The second kappa shape index (κ2) is 8.49. The van der Waals surface area contributed by atoms with Gasteiger partial charge in [0, 0.05) is 13.3 Å². The number of quaternary nitrogens is 1. The highest BCUT2D eigenvalue weighted by Crippen LogP contribution is 2.26. The lowest BCUT2D eigenvalue weighted by molar-refractivity contribution is -0.976. The molecule has 1 aliphatic rings. The van der Waals surface area contributed by atoms with E-state index < -0.39 is 0 Å². The summed E-state index contributed by atoms with van der Waals surface area (Å²) in [5, 5.41) is 10.1. The first-order valence-electron chi connectivity index (χ1n) is 7.84. The van der Waals surface area contributed by atoms with Gasteiger partial charge in [-0.05, 0) is 33.1 Å². The zero-order valence-electron chi connectivity index (χ0n) is 12.9. The molecule has 0 aromatic carbocycles. The van der Waals surface area contributed by atoms with Gasteiger partial charge in [-0.3, -0.25) is 4.48 Å². The second-order valence-corrected chi connectivity index (χ2v) is 5.61. The molecule has 1 rings (SSSR count). The SMILES string of the molecule is C/C=C/CCCCCCC1N=CC[N+]1(CC)C(C)O. The maximum absolute atomic E-state index is 10.1. The molecule has 110 valence electrons. The Kier molecular flexibility index (Phi) is 7.32. The maximum Gasteiger partial charge on any atom is 0.189 e. The van der Waals surface area contributed by atoms with Crippen LogP contribution < -0.4 is 0 Å². The summed E-state index contributed by atoms with van der Waals surface area (Å²) < 4.78 is 0.735. The van der Waals surface area contributed by atoms with E-state index in [0.717, 1.165) is 24.0 Å². The van der Waals surface area contributed by atoms with Crippen LogP contribution in [-0.2, 0) is 0 Å². The summed E-state index contributed by atoms with van der Waals surface area (Å²) in [7, 11) is 0. The van der Waals surface area contributed by atoms with Gasteiger partial charge in [0.15, 0.2) is 12.4 Å². The predicted molar refractivity (Wildman–Crippen MR) is 82.1 cm³/mol. The van der Waals surface area contributed by atoms with Crippen molar-refractivity contribution in [3.8, 4) is 0 Å². The molecule has 0 spiro atoms. The minimum absolute atomic E-state index is 0.278. The summed E-state index contributed by atoms with van der Waals surface area (Å²) in [6.07, 6.45) is 13.8.